The number of aryl methyl sites for hydroxylation is 1. The molecule has 2 rings (SSSR count). The third-order valence-electron chi connectivity index (χ3n) is 3.80. The Morgan fingerprint density at radius 2 is 2.08 bits per heavy atom. The Balaban J connectivity index is 0.00000338. The van der Waals surface area contributed by atoms with E-state index in [4.69, 9.17) is 9.40 Å². The maximum absolute atomic E-state index is 5.68. The van der Waals surface area contributed by atoms with E-state index in [0.717, 1.165) is 41.1 Å². The second kappa shape index (κ2) is 10.3. The minimum Gasteiger partial charge on any atom is -0.464 e. The maximum Gasteiger partial charge on any atom is 0.191 e. The van der Waals surface area contributed by atoms with Crippen LogP contribution >= 0.6 is 35.3 Å². The van der Waals surface area contributed by atoms with Crippen molar-refractivity contribution < 1.29 is 4.42 Å². The molecule has 2 heterocycles. The standard InChI is InChI=1S/C19H30N4OS.HI/c1-7-20-18(22-14(3)15-9-8-13(2)24-15)21-11-10-17-23-16(12-25-17)19(4,5)6;/h8-9,12,14H,7,10-11H2,1-6H3,(H2,20,21,22);1H. The van der Waals surface area contributed by atoms with E-state index in [2.05, 4.69) is 55.6 Å². The van der Waals surface area contributed by atoms with E-state index < -0.39 is 0 Å². The molecule has 0 fully saturated rings. The second-order valence-electron chi connectivity index (χ2n) is 7.20. The molecule has 0 aliphatic heterocycles. The number of thiazole rings is 1. The average molecular weight is 490 g/mol. The van der Waals surface area contributed by atoms with Gasteiger partial charge in [-0.25, -0.2) is 4.98 Å². The normalized spacial score (nSPS) is 13.2. The highest BCUT2D eigenvalue weighted by Crippen LogP contribution is 2.24. The predicted molar refractivity (Wildman–Crippen MR) is 121 cm³/mol. The van der Waals surface area contributed by atoms with Gasteiger partial charge in [-0.05, 0) is 32.9 Å². The van der Waals surface area contributed by atoms with Crippen molar-refractivity contribution in [3.63, 3.8) is 0 Å². The molecule has 0 radical (unpaired) electrons. The Bertz CT molecular complexity index is 702. The molecule has 1 unspecified atom stereocenters. The second-order valence-corrected chi connectivity index (χ2v) is 8.14. The number of nitrogens with zero attached hydrogens (tertiary/aromatic N) is 2. The van der Waals surface area contributed by atoms with Gasteiger partial charge in [0.2, 0.25) is 0 Å². The summed E-state index contributed by atoms with van der Waals surface area (Å²) >= 11 is 1.72. The van der Waals surface area contributed by atoms with Gasteiger partial charge in [0.25, 0.3) is 0 Å². The Morgan fingerprint density at radius 3 is 2.62 bits per heavy atom. The highest BCUT2D eigenvalue weighted by molar-refractivity contribution is 14.0. The van der Waals surface area contributed by atoms with Gasteiger partial charge in [-0.15, -0.1) is 35.3 Å². The first-order valence-electron chi connectivity index (χ1n) is 8.85. The molecular weight excluding hydrogens is 459 g/mol. The van der Waals surface area contributed by atoms with Crippen molar-refractivity contribution in [1.29, 1.82) is 0 Å². The van der Waals surface area contributed by atoms with Crippen LogP contribution in [0.15, 0.2) is 26.9 Å². The SMILES string of the molecule is CCNC(=NCCc1nc(C(C)(C)C)cs1)NC(C)c1ccc(C)o1.I. The molecule has 0 spiro atoms. The molecule has 7 heteroatoms. The van der Waals surface area contributed by atoms with Crippen molar-refractivity contribution in [2.75, 3.05) is 13.1 Å². The van der Waals surface area contributed by atoms with Crippen molar-refractivity contribution in [2.45, 2.75) is 59.4 Å². The number of guanidine groups is 1. The van der Waals surface area contributed by atoms with Gasteiger partial charge >= 0.3 is 0 Å². The molecule has 2 N–H and O–H groups in total. The summed E-state index contributed by atoms with van der Waals surface area (Å²) in [6.07, 6.45) is 0.853. The number of halogens is 1. The van der Waals surface area contributed by atoms with Crippen LogP contribution in [0.2, 0.25) is 0 Å². The zero-order chi connectivity index (χ0) is 18.4. The van der Waals surface area contributed by atoms with Crippen molar-refractivity contribution in [1.82, 2.24) is 15.6 Å². The Morgan fingerprint density at radius 1 is 1.35 bits per heavy atom. The first-order chi connectivity index (χ1) is 11.8. The van der Waals surface area contributed by atoms with E-state index in [1.807, 2.05) is 19.1 Å². The van der Waals surface area contributed by atoms with Crippen molar-refractivity contribution in [3.05, 3.63) is 39.7 Å². The van der Waals surface area contributed by atoms with Crippen molar-refractivity contribution in [2.24, 2.45) is 4.99 Å². The lowest BCUT2D eigenvalue weighted by Crippen LogP contribution is -2.38. The zero-order valence-corrected chi connectivity index (χ0v) is 19.7. The van der Waals surface area contributed by atoms with E-state index >= 15 is 0 Å². The number of furan rings is 1. The summed E-state index contributed by atoms with van der Waals surface area (Å²) in [5.74, 6) is 2.64. The lowest BCUT2D eigenvalue weighted by Gasteiger charge is -2.16. The summed E-state index contributed by atoms with van der Waals surface area (Å²) < 4.78 is 5.68. The molecule has 0 bridgehead atoms. The van der Waals surface area contributed by atoms with Gasteiger partial charge in [-0.2, -0.15) is 0 Å². The summed E-state index contributed by atoms with van der Waals surface area (Å²) in [6, 6.07) is 4.05. The quantitative estimate of drug-likeness (QED) is 0.346. The average Bonchev–Trinajstić information content (AvgIpc) is 3.16. The van der Waals surface area contributed by atoms with Crippen molar-refractivity contribution in [3.8, 4) is 0 Å². The van der Waals surface area contributed by atoms with Gasteiger partial charge in [-0.3, -0.25) is 4.99 Å². The summed E-state index contributed by atoms with van der Waals surface area (Å²) in [5.41, 5.74) is 1.26. The first kappa shape index (κ1) is 23.0. The number of aromatic nitrogens is 1. The molecule has 1 atom stereocenters. The monoisotopic (exact) mass is 490 g/mol. The van der Waals surface area contributed by atoms with E-state index in [0.29, 0.717) is 6.54 Å². The van der Waals surface area contributed by atoms with E-state index in [-0.39, 0.29) is 35.4 Å². The number of nitrogens with one attached hydrogen (secondary N) is 2. The summed E-state index contributed by atoms with van der Waals surface area (Å²) in [6.45, 7) is 14.2. The Kier molecular flexibility index (Phi) is 9.09. The number of hydrogen-bond donors (Lipinski definition) is 2. The third-order valence-corrected chi connectivity index (χ3v) is 4.71. The molecule has 2 aromatic heterocycles. The van der Waals surface area contributed by atoms with Gasteiger partial charge in [0.1, 0.15) is 11.5 Å². The molecule has 0 aromatic carbocycles. The van der Waals surface area contributed by atoms with Crippen LogP contribution < -0.4 is 10.6 Å². The van der Waals surface area contributed by atoms with Crippen LogP contribution in [0.1, 0.15) is 62.9 Å². The van der Waals surface area contributed by atoms with Crippen molar-refractivity contribution >= 4 is 41.3 Å². The molecule has 146 valence electrons. The Hall–Kier alpha value is -1.09. The molecule has 0 saturated carbocycles. The molecule has 0 saturated heterocycles. The molecule has 26 heavy (non-hydrogen) atoms. The van der Waals surface area contributed by atoms with E-state index in [1.165, 1.54) is 0 Å². The van der Waals surface area contributed by atoms with E-state index in [1.54, 1.807) is 11.3 Å². The number of rotatable bonds is 6. The smallest absolute Gasteiger partial charge is 0.191 e. The topological polar surface area (TPSA) is 62.5 Å². The molecular formula is C19H31IN4OS. The van der Waals surface area contributed by atoms with Gasteiger partial charge in [0.05, 0.1) is 16.7 Å². The summed E-state index contributed by atoms with van der Waals surface area (Å²) in [4.78, 5) is 9.40. The molecule has 0 aliphatic carbocycles. The Labute approximate surface area is 178 Å². The molecule has 0 amide bonds. The molecule has 2 aromatic rings. The lowest BCUT2D eigenvalue weighted by atomic mass is 9.93. The van der Waals surface area contributed by atoms with Gasteiger partial charge in [0.15, 0.2) is 5.96 Å². The lowest BCUT2D eigenvalue weighted by molar-refractivity contribution is 0.441. The largest absolute Gasteiger partial charge is 0.464 e. The minimum atomic E-state index is 0. The summed E-state index contributed by atoms with van der Waals surface area (Å²) in [5, 5.41) is 9.97. The van der Waals surface area contributed by atoms with Gasteiger partial charge in [-0.1, -0.05) is 20.8 Å². The van der Waals surface area contributed by atoms with Crippen LogP contribution in [0.25, 0.3) is 0 Å². The predicted octanol–water partition coefficient (Wildman–Crippen LogP) is 4.82. The zero-order valence-electron chi connectivity index (χ0n) is 16.5. The molecule has 0 aliphatic rings. The highest BCUT2D eigenvalue weighted by Gasteiger charge is 2.17. The maximum atomic E-state index is 5.68. The van der Waals surface area contributed by atoms with Crippen LogP contribution in [0.4, 0.5) is 0 Å². The fourth-order valence-electron chi connectivity index (χ4n) is 2.32. The fraction of sp³-hybridized carbons (Fsp3) is 0.579. The van der Waals surface area contributed by atoms with Crippen LogP contribution in [0.5, 0.6) is 0 Å². The molecule has 5 nitrogen and oxygen atoms in total. The van der Waals surface area contributed by atoms with Crippen LogP contribution in [-0.2, 0) is 11.8 Å². The first-order valence-corrected chi connectivity index (χ1v) is 9.73. The van der Waals surface area contributed by atoms with Crippen LogP contribution in [0.3, 0.4) is 0 Å². The number of aliphatic imine (C=N–C) groups is 1. The van der Waals surface area contributed by atoms with E-state index in [9.17, 15) is 0 Å². The minimum absolute atomic E-state index is 0. The third kappa shape index (κ3) is 6.90. The van der Waals surface area contributed by atoms with Crippen LogP contribution in [-0.4, -0.2) is 24.0 Å². The highest BCUT2D eigenvalue weighted by atomic mass is 127. The van der Waals surface area contributed by atoms with Gasteiger partial charge in [0, 0.05) is 30.3 Å². The number of hydrogen-bond acceptors (Lipinski definition) is 4. The fourth-order valence-corrected chi connectivity index (χ4v) is 3.33. The summed E-state index contributed by atoms with van der Waals surface area (Å²) in [7, 11) is 0. The van der Waals surface area contributed by atoms with Crippen LogP contribution in [0, 0.1) is 6.92 Å². The van der Waals surface area contributed by atoms with Gasteiger partial charge < -0.3 is 15.1 Å².